The molecule has 0 spiro atoms. The molecule has 1 amide bonds. The second kappa shape index (κ2) is 6.36. The summed E-state index contributed by atoms with van der Waals surface area (Å²) in [6, 6.07) is 6.95. The summed E-state index contributed by atoms with van der Waals surface area (Å²) in [5.74, 6) is -0.954. The third-order valence-electron chi connectivity index (χ3n) is 4.04. The van der Waals surface area contributed by atoms with Crippen molar-refractivity contribution in [3.63, 3.8) is 0 Å². The van der Waals surface area contributed by atoms with Crippen LogP contribution < -0.4 is 0 Å². The summed E-state index contributed by atoms with van der Waals surface area (Å²) in [6.07, 6.45) is 2.88. The third-order valence-corrected chi connectivity index (χ3v) is 4.97. The highest BCUT2D eigenvalue weighted by Crippen LogP contribution is 2.37. The van der Waals surface area contributed by atoms with E-state index in [4.69, 9.17) is 4.42 Å². The van der Waals surface area contributed by atoms with Gasteiger partial charge in [0.25, 0.3) is 0 Å². The Kier molecular flexibility index (Phi) is 4.29. The lowest BCUT2D eigenvalue weighted by Crippen LogP contribution is -2.46. The van der Waals surface area contributed by atoms with Crippen LogP contribution in [-0.4, -0.2) is 28.4 Å². The summed E-state index contributed by atoms with van der Waals surface area (Å²) in [5, 5.41) is 11.5. The number of carboxylic acids is 1. The molecule has 116 valence electrons. The molecule has 2 aromatic rings. The number of carbonyl (C=O) groups is 2. The zero-order chi connectivity index (χ0) is 15.5. The Labute approximate surface area is 132 Å². The first-order valence-corrected chi connectivity index (χ1v) is 8.13. The quantitative estimate of drug-likeness (QED) is 0.920. The standard InChI is InChI=1S/C16H17NO4S/c18-14-6-5-12(16(19)20)15(13-4-1-9-21-13)17(14)8-7-11-3-2-10-22-11/h1-4,9-10,12,15H,5-8H2,(H,19,20)/t12-,15+/m0/s1. The van der Waals surface area contributed by atoms with Crippen molar-refractivity contribution in [1.29, 1.82) is 0 Å². The molecule has 0 bridgehead atoms. The van der Waals surface area contributed by atoms with Crippen LogP contribution in [0.15, 0.2) is 40.3 Å². The Morgan fingerprint density at radius 3 is 2.91 bits per heavy atom. The first kappa shape index (κ1) is 14.8. The molecule has 22 heavy (non-hydrogen) atoms. The van der Waals surface area contributed by atoms with Gasteiger partial charge in [-0.15, -0.1) is 11.3 Å². The van der Waals surface area contributed by atoms with E-state index in [1.165, 1.54) is 11.1 Å². The van der Waals surface area contributed by atoms with Gasteiger partial charge < -0.3 is 14.4 Å². The van der Waals surface area contributed by atoms with Gasteiger partial charge in [0.15, 0.2) is 0 Å². The summed E-state index contributed by atoms with van der Waals surface area (Å²) in [7, 11) is 0. The van der Waals surface area contributed by atoms with E-state index in [0.29, 0.717) is 18.7 Å². The molecular formula is C16H17NO4S. The largest absolute Gasteiger partial charge is 0.481 e. The van der Waals surface area contributed by atoms with Gasteiger partial charge in [-0.2, -0.15) is 0 Å². The summed E-state index contributed by atoms with van der Waals surface area (Å²) in [6.45, 7) is 0.508. The van der Waals surface area contributed by atoms with Crippen LogP contribution in [0.3, 0.4) is 0 Å². The van der Waals surface area contributed by atoms with Crippen molar-refractivity contribution in [2.45, 2.75) is 25.3 Å². The molecule has 5 nitrogen and oxygen atoms in total. The van der Waals surface area contributed by atoms with Crippen LogP contribution in [0.25, 0.3) is 0 Å². The summed E-state index contributed by atoms with van der Waals surface area (Å²) >= 11 is 1.64. The Balaban J connectivity index is 1.85. The molecule has 3 heterocycles. The zero-order valence-electron chi connectivity index (χ0n) is 12.0. The van der Waals surface area contributed by atoms with Gasteiger partial charge in [-0.25, -0.2) is 0 Å². The van der Waals surface area contributed by atoms with Crippen LogP contribution >= 0.6 is 11.3 Å². The van der Waals surface area contributed by atoms with Crippen LogP contribution in [0.1, 0.15) is 29.5 Å². The molecule has 0 aromatic carbocycles. The van der Waals surface area contributed by atoms with E-state index in [9.17, 15) is 14.7 Å². The van der Waals surface area contributed by atoms with E-state index in [1.807, 2.05) is 17.5 Å². The SMILES string of the molecule is O=C(O)[C@H]1CCC(=O)N(CCc2cccs2)[C@H]1c1ccco1. The van der Waals surface area contributed by atoms with E-state index in [2.05, 4.69) is 0 Å². The minimum Gasteiger partial charge on any atom is -0.481 e. The third kappa shape index (κ3) is 2.92. The van der Waals surface area contributed by atoms with Gasteiger partial charge in [0.1, 0.15) is 11.8 Å². The number of hydrogen-bond donors (Lipinski definition) is 1. The molecule has 3 rings (SSSR count). The van der Waals surface area contributed by atoms with Crippen molar-refractivity contribution >= 4 is 23.2 Å². The number of nitrogens with zero attached hydrogens (tertiary/aromatic N) is 1. The fraction of sp³-hybridized carbons (Fsp3) is 0.375. The average Bonchev–Trinajstić information content (AvgIpc) is 3.18. The van der Waals surface area contributed by atoms with Crippen molar-refractivity contribution in [2.75, 3.05) is 6.54 Å². The molecular weight excluding hydrogens is 302 g/mol. The molecule has 1 N–H and O–H groups in total. The Morgan fingerprint density at radius 1 is 1.41 bits per heavy atom. The highest BCUT2D eigenvalue weighted by molar-refractivity contribution is 7.09. The maximum absolute atomic E-state index is 12.3. The smallest absolute Gasteiger partial charge is 0.309 e. The number of furan rings is 1. The maximum Gasteiger partial charge on any atom is 0.309 e. The highest BCUT2D eigenvalue weighted by Gasteiger charge is 2.41. The van der Waals surface area contributed by atoms with E-state index >= 15 is 0 Å². The molecule has 2 atom stereocenters. The second-order valence-corrected chi connectivity index (χ2v) is 6.39. The van der Waals surface area contributed by atoms with Crippen LogP contribution in [0.2, 0.25) is 0 Å². The van der Waals surface area contributed by atoms with Crippen LogP contribution in [-0.2, 0) is 16.0 Å². The van der Waals surface area contributed by atoms with E-state index in [1.54, 1.807) is 28.4 Å². The second-order valence-electron chi connectivity index (χ2n) is 5.36. The van der Waals surface area contributed by atoms with Gasteiger partial charge in [-0.05, 0) is 36.4 Å². The van der Waals surface area contributed by atoms with Crippen LogP contribution in [0, 0.1) is 5.92 Å². The molecule has 1 aliphatic rings. The minimum atomic E-state index is -0.880. The zero-order valence-corrected chi connectivity index (χ0v) is 12.8. The Bertz CT molecular complexity index is 635. The number of amides is 1. The Hall–Kier alpha value is -2.08. The number of likely N-dealkylation sites (tertiary alicyclic amines) is 1. The molecule has 1 fully saturated rings. The van der Waals surface area contributed by atoms with Gasteiger partial charge in [0, 0.05) is 17.8 Å². The fourth-order valence-electron chi connectivity index (χ4n) is 2.97. The fourth-order valence-corrected chi connectivity index (χ4v) is 3.67. The van der Waals surface area contributed by atoms with Gasteiger partial charge in [-0.3, -0.25) is 9.59 Å². The number of thiophene rings is 1. The van der Waals surface area contributed by atoms with Gasteiger partial charge >= 0.3 is 5.97 Å². The first-order chi connectivity index (χ1) is 10.7. The number of carboxylic acid groups (broad SMARTS) is 1. The lowest BCUT2D eigenvalue weighted by atomic mass is 9.87. The number of carbonyl (C=O) groups excluding carboxylic acids is 1. The van der Waals surface area contributed by atoms with Crippen molar-refractivity contribution in [3.8, 4) is 0 Å². The number of piperidine rings is 1. The van der Waals surface area contributed by atoms with E-state index in [-0.39, 0.29) is 12.3 Å². The Morgan fingerprint density at radius 2 is 2.27 bits per heavy atom. The highest BCUT2D eigenvalue weighted by atomic mass is 32.1. The number of hydrogen-bond acceptors (Lipinski definition) is 4. The lowest BCUT2D eigenvalue weighted by molar-refractivity contribution is -0.152. The molecule has 0 unspecified atom stereocenters. The van der Waals surface area contributed by atoms with E-state index in [0.717, 1.165) is 6.42 Å². The minimum absolute atomic E-state index is 0.00421. The summed E-state index contributed by atoms with van der Waals surface area (Å²) in [5.41, 5.74) is 0. The molecule has 6 heteroatoms. The van der Waals surface area contributed by atoms with Gasteiger partial charge in [0.05, 0.1) is 12.2 Å². The van der Waals surface area contributed by atoms with Crippen molar-refractivity contribution in [3.05, 3.63) is 46.5 Å². The molecule has 0 aliphatic carbocycles. The van der Waals surface area contributed by atoms with Crippen molar-refractivity contribution in [2.24, 2.45) is 5.92 Å². The first-order valence-electron chi connectivity index (χ1n) is 7.25. The van der Waals surface area contributed by atoms with Gasteiger partial charge in [0.2, 0.25) is 5.91 Å². The number of aliphatic carboxylic acids is 1. The predicted octanol–water partition coefficient (Wildman–Crippen LogP) is 2.95. The normalized spacial score (nSPS) is 22.0. The van der Waals surface area contributed by atoms with E-state index < -0.39 is 17.9 Å². The molecule has 1 aliphatic heterocycles. The average molecular weight is 319 g/mol. The maximum atomic E-state index is 12.3. The van der Waals surface area contributed by atoms with Crippen LogP contribution in [0.4, 0.5) is 0 Å². The topological polar surface area (TPSA) is 70.8 Å². The molecule has 1 saturated heterocycles. The number of rotatable bonds is 5. The summed E-state index contributed by atoms with van der Waals surface area (Å²) in [4.78, 5) is 26.7. The molecule has 2 aromatic heterocycles. The molecule has 0 radical (unpaired) electrons. The lowest BCUT2D eigenvalue weighted by Gasteiger charge is -2.38. The summed E-state index contributed by atoms with van der Waals surface area (Å²) < 4.78 is 5.41. The predicted molar refractivity (Wildman–Crippen MR) is 81.5 cm³/mol. The van der Waals surface area contributed by atoms with Gasteiger partial charge in [-0.1, -0.05) is 6.07 Å². The monoisotopic (exact) mass is 319 g/mol. The molecule has 0 saturated carbocycles. The van der Waals surface area contributed by atoms with Crippen LogP contribution in [0.5, 0.6) is 0 Å². The van der Waals surface area contributed by atoms with Crippen molar-refractivity contribution < 1.29 is 19.1 Å². The van der Waals surface area contributed by atoms with Crippen molar-refractivity contribution in [1.82, 2.24) is 4.90 Å².